The van der Waals surface area contributed by atoms with Crippen molar-refractivity contribution < 1.29 is 23.7 Å². The van der Waals surface area contributed by atoms with E-state index >= 15 is 0 Å². The molecule has 1 unspecified atom stereocenters. The molecule has 1 aliphatic heterocycles. The highest BCUT2D eigenvalue weighted by molar-refractivity contribution is 8.01. The molecule has 1 saturated heterocycles. The Kier molecular flexibility index (Phi) is 4.62. The summed E-state index contributed by atoms with van der Waals surface area (Å²) in [5.74, 6) is 1.59. The second-order valence-electron chi connectivity index (χ2n) is 5.84. The summed E-state index contributed by atoms with van der Waals surface area (Å²) in [7, 11) is 4.75. The molecule has 0 N–H and O–H groups in total. The standard InChI is InChI=1S/C17H22O5S/c1-19-11-9-12(20-2)14(13(10-11)21-3)15-16(18)22-17(23-15)7-5-4-6-8-17/h9-10,15H,4-8H2,1-3H3. The first kappa shape index (κ1) is 16.3. The normalized spacial score (nSPS) is 22.7. The third-order valence-electron chi connectivity index (χ3n) is 4.46. The van der Waals surface area contributed by atoms with Crippen LogP contribution in [0.3, 0.4) is 0 Å². The van der Waals surface area contributed by atoms with Crippen molar-refractivity contribution in [2.24, 2.45) is 0 Å². The van der Waals surface area contributed by atoms with E-state index in [4.69, 9.17) is 18.9 Å². The molecule has 0 aromatic heterocycles. The van der Waals surface area contributed by atoms with E-state index in [1.54, 1.807) is 45.2 Å². The van der Waals surface area contributed by atoms with Gasteiger partial charge in [-0.1, -0.05) is 18.2 Å². The molecule has 5 nitrogen and oxygen atoms in total. The molecule has 0 amide bonds. The van der Waals surface area contributed by atoms with Crippen molar-refractivity contribution in [2.45, 2.75) is 42.3 Å². The lowest BCUT2D eigenvalue weighted by molar-refractivity contribution is -0.149. The van der Waals surface area contributed by atoms with Gasteiger partial charge < -0.3 is 18.9 Å². The van der Waals surface area contributed by atoms with Crippen LogP contribution in [0.5, 0.6) is 17.2 Å². The van der Waals surface area contributed by atoms with E-state index in [2.05, 4.69) is 0 Å². The van der Waals surface area contributed by atoms with Crippen molar-refractivity contribution in [3.8, 4) is 17.2 Å². The minimum atomic E-state index is -0.427. The quantitative estimate of drug-likeness (QED) is 0.780. The summed E-state index contributed by atoms with van der Waals surface area (Å²) < 4.78 is 22.0. The summed E-state index contributed by atoms with van der Waals surface area (Å²) in [6.07, 6.45) is 5.24. The van der Waals surface area contributed by atoms with Gasteiger partial charge in [-0.2, -0.15) is 0 Å². The van der Waals surface area contributed by atoms with Crippen LogP contribution in [0, 0.1) is 0 Å². The molecule has 1 saturated carbocycles. The average Bonchev–Trinajstić information content (AvgIpc) is 2.89. The van der Waals surface area contributed by atoms with Crippen LogP contribution in [0.15, 0.2) is 12.1 Å². The fourth-order valence-corrected chi connectivity index (χ4v) is 4.88. The molecule has 0 bridgehead atoms. The number of esters is 1. The number of carbonyl (C=O) groups is 1. The number of hydrogen-bond acceptors (Lipinski definition) is 6. The molecule has 2 aliphatic rings. The average molecular weight is 338 g/mol. The number of thioether (sulfide) groups is 1. The molecule has 1 aromatic carbocycles. The van der Waals surface area contributed by atoms with Crippen LogP contribution in [0.25, 0.3) is 0 Å². The summed E-state index contributed by atoms with van der Waals surface area (Å²) in [6, 6.07) is 3.55. The molecule has 1 aliphatic carbocycles. The first-order valence-corrected chi connectivity index (χ1v) is 8.71. The molecule has 126 valence electrons. The lowest BCUT2D eigenvalue weighted by atomic mass is 9.97. The number of rotatable bonds is 4. The van der Waals surface area contributed by atoms with Gasteiger partial charge in [-0.05, 0) is 25.7 Å². The van der Waals surface area contributed by atoms with Gasteiger partial charge in [-0.25, -0.2) is 0 Å². The zero-order chi connectivity index (χ0) is 16.4. The van der Waals surface area contributed by atoms with Crippen LogP contribution in [0.2, 0.25) is 0 Å². The molecule has 0 radical (unpaired) electrons. The van der Waals surface area contributed by atoms with Gasteiger partial charge in [0, 0.05) is 12.1 Å². The van der Waals surface area contributed by atoms with Crippen LogP contribution in [0.1, 0.15) is 42.9 Å². The minimum Gasteiger partial charge on any atom is -0.496 e. The number of hydrogen-bond donors (Lipinski definition) is 0. The SMILES string of the molecule is COc1cc(OC)c(C2SC3(CCCCC3)OC2=O)c(OC)c1. The highest BCUT2D eigenvalue weighted by Crippen LogP contribution is 2.57. The maximum atomic E-state index is 12.6. The smallest absolute Gasteiger partial charge is 0.325 e. The van der Waals surface area contributed by atoms with Crippen molar-refractivity contribution in [3.05, 3.63) is 17.7 Å². The maximum Gasteiger partial charge on any atom is 0.325 e. The summed E-state index contributed by atoms with van der Waals surface area (Å²) >= 11 is 1.60. The van der Waals surface area contributed by atoms with E-state index in [-0.39, 0.29) is 10.9 Å². The minimum absolute atomic E-state index is 0.210. The van der Waals surface area contributed by atoms with E-state index in [0.29, 0.717) is 17.2 Å². The van der Waals surface area contributed by atoms with E-state index in [1.807, 2.05) is 0 Å². The molecule has 3 rings (SSSR count). The van der Waals surface area contributed by atoms with E-state index < -0.39 is 5.25 Å². The Bertz CT molecular complexity index is 570. The highest BCUT2D eigenvalue weighted by Gasteiger charge is 2.50. The van der Waals surface area contributed by atoms with Gasteiger partial charge in [0.1, 0.15) is 22.5 Å². The molecular weight excluding hydrogens is 316 g/mol. The van der Waals surface area contributed by atoms with Crippen LogP contribution >= 0.6 is 11.8 Å². The number of ether oxygens (including phenoxy) is 4. The number of benzene rings is 1. The molecule has 1 heterocycles. The van der Waals surface area contributed by atoms with Crippen LogP contribution < -0.4 is 14.2 Å². The second kappa shape index (κ2) is 6.51. The Balaban J connectivity index is 1.99. The zero-order valence-electron chi connectivity index (χ0n) is 13.7. The van der Waals surface area contributed by atoms with Crippen LogP contribution in [-0.2, 0) is 9.53 Å². The molecular formula is C17H22O5S. The summed E-state index contributed by atoms with van der Waals surface area (Å²) in [6.45, 7) is 0. The Labute approximate surface area is 140 Å². The summed E-state index contributed by atoms with van der Waals surface area (Å²) in [5.41, 5.74) is 0.730. The Hall–Kier alpha value is -1.56. The Morgan fingerprint density at radius 3 is 2.17 bits per heavy atom. The molecule has 2 fully saturated rings. The van der Waals surface area contributed by atoms with E-state index in [9.17, 15) is 4.79 Å². The number of methoxy groups -OCH3 is 3. The highest BCUT2D eigenvalue weighted by atomic mass is 32.2. The van der Waals surface area contributed by atoms with Crippen molar-refractivity contribution in [3.63, 3.8) is 0 Å². The summed E-state index contributed by atoms with van der Waals surface area (Å²) in [5, 5.41) is -0.427. The number of carbonyl (C=O) groups excluding carboxylic acids is 1. The molecule has 1 aromatic rings. The van der Waals surface area contributed by atoms with Gasteiger partial charge in [0.2, 0.25) is 0 Å². The molecule has 23 heavy (non-hydrogen) atoms. The van der Waals surface area contributed by atoms with Crippen molar-refractivity contribution in [2.75, 3.05) is 21.3 Å². The van der Waals surface area contributed by atoms with E-state index in [0.717, 1.165) is 31.2 Å². The Morgan fingerprint density at radius 2 is 1.65 bits per heavy atom. The Morgan fingerprint density at radius 1 is 1.04 bits per heavy atom. The molecule has 1 spiro atoms. The third kappa shape index (κ3) is 2.96. The predicted octanol–water partition coefficient (Wildman–Crippen LogP) is 3.70. The monoisotopic (exact) mass is 338 g/mol. The maximum absolute atomic E-state index is 12.6. The van der Waals surface area contributed by atoms with Gasteiger partial charge in [0.25, 0.3) is 0 Å². The third-order valence-corrected chi connectivity index (χ3v) is 6.05. The van der Waals surface area contributed by atoms with Gasteiger partial charge in [0.05, 0.1) is 26.9 Å². The van der Waals surface area contributed by atoms with Gasteiger partial charge >= 0.3 is 5.97 Å². The van der Waals surface area contributed by atoms with Gasteiger partial charge in [0.15, 0.2) is 4.93 Å². The van der Waals surface area contributed by atoms with Crippen molar-refractivity contribution >= 4 is 17.7 Å². The fraction of sp³-hybridized carbons (Fsp3) is 0.588. The lowest BCUT2D eigenvalue weighted by Crippen LogP contribution is -2.27. The topological polar surface area (TPSA) is 54.0 Å². The van der Waals surface area contributed by atoms with Crippen LogP contribution in [-0.4, -0.2) is 32.2 Å². The second-order valence-corrected chi connectivity index (χ2v) is 7.29. The van der Waals surface area contributed by atoms with Gasteiger partial charge in [-0.3, -0.25) is 4.79 Å². The largest absolute Gasteiger partial charge is 0.496 e. The summed E-state index contributed by atoms with van der Waals surface area (Å²) in [4.78, 5) is 12.2. The van der Waals surface area contributed by atoms with Crippen molar-refractivity contribution in [1.29, 1.82) is 0 Å². The first-order chi connectivity index (χ1) is 11.1. The molecule has 1 atom stereocenters. The van der Waals surface area contributed by atoms with Crippen LogP contribution in [0.4, 0.5) is 0 Å². The van der Waals surface area contributed by atoms with E-state index in [1.165, 1.54) is 6.42 Å². The lowest BCUT2D eigenvalue weighted by Gasteiger charge is -2.30. The first-order valence-electron chi connectivity index (χ1n) is 7.83. The fourth-order valence-electron chi connectivity index (χ4n) is 3.30. The predicted molar refractivity (Wildman–Crippen MR) is 88.3 cm³/mol. The zero-order valence-corrected chi connectivity index (χ0v) is 14.5. The van der Waals surface area contributed by atoms with Crippen molar-refractivity contribution in [1.82, 2.24) is 0 Å². The van der Waals surface area contributed by atoms with Gasteiger partial charge in [-0.15, -0.1) is 0 Å². The molecule has 6 heteroatoms.